The Morgan fingerprint density at radius 3 is 2.80 bits per heavy atom. The predicted octanol–water partition coefficient (Wildman–Crippen LogP) is 2.53. The van der Waals surface area contributed by atoms with E-state index in [1.807, 2.05) is 7.11 Å². The lowest BCUT2D eigenvalue weighted by atomic mass is 9.87. The van der Waals surface area contributed by atoms with Crippen LogP contribution in [0.1, 0.15) is 42.0 Å². The van der Waals surface area contributed by atoms with Crippen LogP contribution in [-0.2, 0) is 12.8 Å². The summed E-state index contributed by atoms with van der Waals surface area (Å²) in [6.45, 7) is 1.88. The van der Waals surface area contributed by atoms with E-state index < -0.39 is 0 Å². The maximum atomic E-state index is 5.86. The van der Waals surface area contributed by atoms with Crippen LogP contribution in [0.5, 0.6) is 5.75 Å². The second kappa shape index (κ2) is 5.74. The first-order chi connectivity index (χ1) is 9.74. The molecule has 0 amide bonds. The van der Waals surface area contributed by atoms with Crippen LogP contribution in [0.2, 0.25) is 0 Å². The lowest BCUT2D eigenvalue weighted by molar-refractivity contribution is 0.301. The fourth-order valence-corrected chi connectivity index (χ4v) is 3.96. The summed E-state index contributed by atoms with van der Waals surface area (Å²) >= 11 is 0. The molecule has 2 aliphatic rings. The molecule has 110 valence electrons. The monoisotopic (exact) mass is 274 g/mol. The van der Waals surface area contributed by atoms with Crippen molar-refractivity contribution in [1.82, 2.24) is 4.90 Å². The number of nitrogens with zero attached hydrogens (tertiary/aromatic N) is 1. The van der Waals surface area contributed by atoms with Gasteiger partial charge in [0.15, 0.2) is 0 Å². The lowest BCUT2D eigenvalue weighted by Crippen LogP contribution is -2.21. The molecule has 1 aliphatic heterocycles. The molecule has 1 aliphatic carbocycles. The number of likely N-dealkylation sites (tertiary alicyclic amines) is 1. The maximum absolute atomic E-state index is 5.86. The van der Waals surface area contributed by atoms with Crippen molar-refractivity contribution in [2.75, 3.05) is 27.2 Å². The molecule has 1 heterocycles. The zero-order valence-corrected chi connectivity index (χ0v) is 12.7. The summed E-state index contributed by atoms with van der Waals surface area (Å²) in [7, 11) is 4.03. The predicted molar refractivity (Wildman–Crippen MR) is 82.2 cm³/mol. The summed E-state index contributed by atoms with van der Waals surface area (Å²) in [5.41, 5.74) is 10.2. The van der Waals surface area contributed by atoms with E-state index in [4.69, 9.17) is 10.5 Å². The van der Waals surface area contributed by atoms with Crippen molar-refractivity contribution in [3.8, 4) is 5.75 Å². The molecule has 0 radical (unpaired) electrons. The first-order valence-electron chi connectivity index (χ1n) is 7.83. The minimum Gasteiger partial charge on any atom is -0.496 e. The summed E-state index contributed by atoms with van der Waals surface area (Å²) in [4.78, 5) is 2.44. The lowest BCUT2D eigenvalue weighted by Gasteiger charge is -2.26. The van der Waals surface area contributed by atoms with Crippen molar-refractivity contribution in [3.63, 3.8) is 0 Å². The van der Waals surface area contributed by atoms with Gasteiger partial charge in [-0.25, -0.2) is 0 Å². The van der Waals surface area contributed by atoms with E-state index in [1.165, 1.54) is 42.4 Å². The van der Waals surface area contributed by atoms with E-state index in [2.05, 4.69) is 24.1 Å². The number of benzene rings is 1. The Hall–Kier alpha value is -1.06. The van der Waals surface area contributed by atoms with Crippen LogP contribution in [-0.4, -0.2) is 32.1 Å². The highest BCUT2D eigenvalue weighted by molar-refractivity contribution is 5.49. The Kier molecular flexibility index (Phi) is 3.99. The number of hydrogen-bond donors (Lipinski definition) is 1. The highest BCUT2D eigenvalue weighted by Gasteiger charge is 2.32. The molecule has 3 nitrogen and oxygen atoms in total. The average molecular weight is 274 g/mol. The smallest absolute Gasteiger partial charge is 0.127 e. The molecular formula is C17H26N2O. The molecule has 1 saturated heterocycles. The van der Waals surface area contributed by atoms with Crippen LogP contribution < -0.4 is 10.5 Å². The number of aryl methyl sites for hydroxylation is 1. The highest BCUT2D eigenvalue weighted by Crippen LogP contribution is 2.42. The van der Waals surface area contributed by atoms with Crippen molar-refractivity contribution in [1.29, 1.82) is 0 Å². The molecule has 2 unspecified atom stereocenters. The quantitative estimate of drug-likeness (QED) is 0.920. The number of nitrogens with two attached hydrogens (primary N) is 1. The van der Waals surface area contributed by atoms with E-state index in [0.29, 0.717) is 12.0 Å². The highest BCUT2D eigenvalue weighted by atomic mass is 16.5. The minimum absolute atomic E-state index is 0.464. The number of fused-ring (bicyclic) bond motifs is 1. The maximum Gasteiger partial charge on any atom is 0.127 e. The molecular weight excluding hydrogens is 248 g/mol. The van der Waals surface area contributed by atoms with E-state index in [1.54, 1.807) is 0 Å². The third kappa shape index (κ3) is 2.33. The van der Waals surface area contributed by atoms with Gasteiger partial charge in [-0.05, 0) is 62.7 Å². The Bertz CT molecular complexity index is 486. The molecule has 0 bridgehead atoms. The van der Waals surface area contributed by atoms with Crippen LogP contribution in [0.25, 0.3) is 0 Å². The topological polar surface area (TPSA) is 38.5 Å². The van der Waals surface area contributed by atoms with E-state index in [-0.39, 0.29) is 0 Å². The molecule has 2 N–H and O–H groups in total. The molecule has 20 heavy (non-hydrogen) atoms. The average Bonchev–Trinajstić information content (AvgIpc) is 2.87. The van der Waals surface area contributed by atoms with Crippen molar-refractivity contribution < 1.29 is 4.74 Å². The summed E-state index contributed by atoms with van der Waals surface area (Å²) < 4.78 is 5.82. The van der Waals surface area contributed by atoms with Crippen LogP contribution in [0.15, 0.2) is 12.1 Å². The summed E-state index contributed by atoms with van der Waals surface area (Å²) in [6.07, 6.45) is 6.13. The van der Waals surface area contributed by atoms with Crippen LogP contribution in [0.4, 0.5) is 0 Å². The summed E-state index contributed by atoms with van der Waals surface area (Å²) in [6, 6.07) is 5.09. The number of methoxy groups -OCH3 is 1. The third-order valence-electron chi connectivity index (χ3n) is 5.04. The first kappa shape index (κ1) is 13.9. The molecule has 1 aromatic carbocycles. The van der Waals surface area contributed by atoms with E-state index in [0.717, 1.165) is 25.3 Å². The molecule has 3 heteroatoms. The van der Waals surface area contributed by atoms with Gasteiger partial charge in [-0.2, -0.15) is 0 Å². The van der Waals surface area contributed by atoms with E-state index >= 15 is 0 Å². The Morgan fingerprint density at radius 1 is 1.30 bits per heavy atom. The zero-order chi connectivity index (χ0) is 14.1. The molecule has 1 fully saturated rings. The molecule has 0 spiro atoms. The largest absolute Gasteiger partial charge is 0.496 e. The number of ether oxygens (including phenoxy) is 1. The fraction of sp³-hybridized carbons (Fsp3) is 0.647. The number of hydrogen-bond acceptors (Lipinski definition) is 3. The van der Waals surface area contributed by atoms with E-state index in [9.17, 15) is 0 Å². The molecule has 3 rings (SSSR count). The van der Waals surface area contributed by atoms with Gasteiger partial charge in [-0.3, -0.25) is 4.90 Å². The fourth-order valence-electron chi connectivity index (χ4n) is 3.96. The normalized spacial score (nSPS) is 26.6. The van der Waals surface area contributed by atoms with Gasteiger partial charge in [-0.15, -0.1) is 0 Å². The van der Waals surface area contributed by atoms with Crippen molar-refractivity contribution in [3.05, 3.63) is 28.8 Å². The Morgan fingerprint density at radius 2 is 2.10 bits per heavy atom. The van der Waals surface area contributed by atoms with Gasteiger partial charge in [0, 0.05) is 18.2 Å². The summed E-state index contributed by atoms with van der Waals surface area (Å²) in [5.74, 6) is 1.77. The van der Waals surface area contributed by atoms with Gasteiger partial charge in [0.25, 0.3) is 0 Å². The van der Waals surface area contributed by atoms with Gasteiger partial charge in [0.05, 0.1) is 7.11 Å². The molecule has 2 atom stereocenters. The van der Waals surface area contributed by atoms with Gasteiger partial charge in [0.1, 0.15) is 5.75 Å². The molecule has 0 saturated carbocycles. The van der Waals surface area contributed by atoms with Crippen molar-refractivity contribution >= 4 is 0 Å². The summed E-state index contributed by atoms with van der Waals surface area (Å²) in [5, 5.41) is 0. The van der Waals surface area contributed by atoms with Crippen LogP contribution in [0, 0.1) is 5.92 Å². The Balaban J connectivity index is 1.97. The second-order valence-corrected chi connectivity index (χ2v) is 6.33. The SMILES string of the molecule is COc1c(C2CC(CN)CN2C)ccc2c1CCCC2. The van der Waals surface area contributed by atoms with Crippen molar-refractivity contribution in [2.24, 2.45) is 11.7 Å². The first-order valence-corrected chi connectivity index (χ1v) is 7.83. The molecule has 1 aromatic rings. The number of rotatable bonds is 3. The minimum atomic E-state index is 0.464. The molecule has 0 aromatic heterocycles. The Labute approximate surface area is 122 Å². The van der Waals surface area contributed by atoms with Gasteiger partial charge in [0.2, 0.25) is 0 Å². The van der Waals surface area contributed by atoms with Gasteiger partial charge >= 0.3 is 0 Å². The van der Waals surface area contributed by atoms with Crippen molar-refractivity contribution in [2.45, 2.75) is 38.1 Å². The zero-order valence-electron chi connectivity index (χ0n) is 12.7. The second-order valence-electron chi connectivity index (χ2n) is 6.33. The standard InChI is InChI=1S/C17H26N2O/c1-19-11-12(10-18)9-16(19)15-8-7-13-5-3-4-6-14(13)17(15)20-2/h7-8,12,16H,3-6,9-11,18H2,1-2H3. The third-order valence-corrected chi connectivity index (χ3v) is 5.04. The van der Waals surface area contributed by atoms with Gasteiger partial charge < -0.3 is 10.5 Å². The van der Waals surface area contributed by atoms with Crippen LogP contribution in [0.3, 0.4) is 0 Å². The van der Waals surface area contributed by atoms with Gasteiger partial charge in [-0.1, -0.05) is 12.1 Å². The van der Waals surface area contributed by atoms with Crippen LogP contribution >= 0.6 is 0 Å².